The van der Waals surface area contributed by atoms with Gasteiger partial charge in [-0.15, -0.1) is 0 Å². The lowest BCUT2D eigenvalue weighted by Crippen LogP contribution is -2.52. The third kappa shape index (κ3) is 6.50. The Morgan fingerprint density at radius 1 is 0.549 bits per heavy atom. The Morgan fingerprint density at radius 3 is 1.69 bits per heavy atom. The molecule has 0 aromatic rings. The number of hydrogen-bond acceptors (Lipinski definition) is 4. The molecule has 51 heavy (non-hydrogen) atoms. The first-order valence-electron chi connectivity index (χ1n) is 21.5. The Bertz CT molecular complexity index is 1360. The van der Waals surface area contributed by atoms with Crippen LogP contribution in [0.15, 0.2) is 11.6 Å². The average Bonchev–Trinajstić information content (AvgIpc) is 3.52. The van der Waals surface area contributed by atoms with E-state index in [0.29, 0.717) is 28.8 Å². The van der Waals surface area contributed by atoms with Crippen molar-refractivity contribution in [2.45, 2.75) is 196 Å². The Labute approximate surface area is 313 Å². The molecule has 15 atom stereocenters. The number of allylic oxidation sites excluding steroid dienone is 2. The largest absolute Gasteiger partial charge is 0.390 e. The number of carbonyl (C=O) groups is 2. The SMILES string of the molecule is C.CC(=O)[C@H]1CC[C@H]2[C@@H]3CC=C4CC[C@@](C)(O)CC[C@]4(C)[C@H]3CC[C@]12C.CC(=O)[C@H]1CC[C@H]2[C@@H]3CC[C@H]4CC[C@@](C)(O)CC[C@]4(C)[C@H]3CC[C@]12C. The van der Waals surface area contributed by atoms with Crippen molar-refractivity contribution in [3.8, 4) is 0 Å². The Balaban J connectivity index is 0.000000172. The van der Waals surface area contributed by atoms with Gasteiger partial charge in [0.15, 0.2) is 0 Å². The van der Waals surface area contributed by atoms with Crippen molar-refractivity contribution in [1.29, 1.82) is 0 Å². The van der Waals surface area contributed by atoms with Crippen LogP contribution in [0.3, 0.4) is 0 Å². The van der Waals surface area contributed by atoms with Gasteiger partial charge in [-0.1, -0.05) is 46.8 Å². The molecule has 0 unspecified atom stereocenters. The van der Waals surface area contributed by atoms with Crippen molar-refractivity contribution < 1.29 is 19.8 Å². The molecule has 290 valence electrons. The smallest absolute Gasteiger partial charge is 0.133 e. The fourth-order valence-electron chi connectivity index (χ4n) is 15.8. The van der Waals surface area contributed by atoms with Crippen LogP contribution < -0.4 is 0 Å². The molecule has 0 saturated heterocycles. The predicted octanol–water partition coefficient (Wildman–Crippen LogP) is 11.3. The lowest BCUT2D eigenvalue weighted by molar-refractivity contribution is -0.131. The second kappa shape index (κ2) is 13.6. The molecule has 0 aromatic heterocycles. The first kappa shape index (κ1) is 39.7. The van der Waals surface area contributed by atoms with E-state index in [9.17, 15) is 19.8 Å². The van der Waals surface area contributed by atoms with Gasteiger partial charge in [0.2, 0.25) is 0 Å². The summed E-state index contributed by atoms with van der Waals surface area (Å²) >= 11 is 0. The second-order valence-electron chi connectivity index (χ2n) is 21.5. The summed E-state index contributed by atoms with van der Waals surface area (Å²) in [6.07, 6.45) is 24.8. The van der Waals surface area contributed by atoms with E-state index in [1.54, 1.807) is 5.57 Å². The normalized spacial score (nSPS) is 53.0. The maximum Gasteiger partial charge on any atom is 0.133 e. The van der Waals surface area contributed by atoms with Crippen LogP contribution in [-0.2, 0) is 9.59 Å². The summed E-state index contributed by atoms with van der Waals surface area (Å²) in [4.78, 5) is 24.5. The van der Waals surface area contributed by atoms with Crippen LogP contribution in [0.5, 0.6) is 0 Å². The van der Waals surface area contributed by atoms with E-state index in [4.69, 9.17) is 0 Å². The Morgan fingerprint density at radius 2 is 1.08 bits per heavy atom. The van der Waals surface area contributed by atoms with Crippen molar-refractivity contribution >= 4 is 11.6 Å². The standard InChI is InChI=1S/C23H38O2.C23H36O2.CH4/c2*1-15(24)18-7-8-19-17-6-5-16-9-11-21(2,25)13-14-22(16,3)20(17)10-12-23(18,19)4;/h16-20,25H,5-14H2,1-4H3;5,17-20,25H,6-14H2,1-4H3;1H4/t16-,17-,18+,19-,20-,21+,22-,23+;17-,18+,19-,20-,21+,22-,23+;/m00./s1. The molecule has 8 rings (SSSR count). The van der Waals surface area contributed by atoms with Crippen LogP contribution >= 0.6 is 0 Å². The third-order valence-electron chi connectivity index (χ3n) is 19.0. The van der Waals surface area contributed by atoms with Gasteiger partial charge in [-0.2, -0.15) is 0 Å². The molecule has 0 amide bonds. The zero-order valence-corrected chi connectivity index (χ0v) is 33.4. The van der Waals surface area contributed by atoms with Gasteiger partial charge in [0.05, 0.1) is 11.2 Å². The lowest BCUT2D eigenvalue weighted by atomic mass is 9.46. The van der Waals surface area contributed by atoms with Crippen molar-refractivity contribution in [3.63, 3.8) is 0 Å². The highest BCUT2D eigenvalue weighted by Gasteiger charge is 2.61. The molecule has 0 heterocycles. The number of fused-ring (bicyclic) bond motifs is 10. The fourth-order valence-corrected chi connectivity index (χ4v) is 15.8. The second-order valence-corrected chi connectivity index (χ2v) is 21.5. The quantitative estimate of drug-likeness (QED) is 0.280. The van der Waals surface area contributed by atoms with E-state index in [-0.39, 0.29) is 23.7 Å². The van der Waals surface area contributed by atoms with Crippen molar-refractivity contribution in [2.75, 3.05) is 0 Å². The van der Waals surface area contributed by atoms with Gasteiger partial charge >= 0.3 is 0 Å². The molecule has 7 saturated carbocycles. The van der Waals surface area contributed by atoms with Gasteiger partial charge in [0.25, 0.3) is 0 Å². The van der Waals surface area contributed by atoms with Crippen LogP contribution in [0.25, 0.3) is 0 Å². The summed E-state index contributed by atoms with van der Waals surface area (Å²) in [5.74, 6) is 6.92. The number of aliphatic hydroxyl groups is 2. The molecule has 8 aliphatic carbocycles. The van der Waals surface area contributed by atoms with E-state index in [1.807, 2.05) is 20.8 Å². The molecule has 0 radical (unpaired) electrons. The molecule has 0 spiro atoms. The lowest BCUT2D eigenvalue weighted by Gasteiger charge is -2.59. The summed E-state index contributed by atoms with van der Waals surface area (Å²) in [5, 5.41) is 21.3. The molecule has 4 heteroatoms. The van der Waals surface area contributed by atoms with Gasteiger partial charge in [-0.05, 0) is 213 Å². The first-order valence-corrected chi connectivity index (χ1v) is 21.5. The molecule has 7 fully saturated rings. The highest BCUT2D eigenvalue weighted by Crippen LogP contribution is 2.68. The van der Waals surface area contributed by atoms with Gasteiger partial charge in [-0.3, -0.25) is 9.59 Å². The molecular formula is C47H78O4. The monoisotopic (exact) mass is 707 g/mol. The number of Topliss-reactive ketones (excluding diaryl/α,β-unsaturated/α-hetero) is 2. The van der Waals surface area contributed by atoms with Crippen LogP contribution in [0.2, 0.25) is 0 Å². The summed E-state index contributed by atoms with van der Waals surface area (Å²) in [6.45, 7) is 17.7. The van der Waals surface area contributed by atoms with E-state index in [2.05, 4.69) is 40.7 Å². The minimum Gasteiger partial charge on any atom is -0.390 e. The molecule has 0 aliphatic heterocycles. The number of rotatable bonds is 2. The number of ketones is 2. The zero-order chi connectivity index (χ0) is 36.1. The van der Waals surface area contributed by atoms with Gasteiger partial charge < -0.3 is 10.2 Å². The van der Waals surface area contributed by atoms with Gasteiger partial charge in [0.1, 0.15) is 11.6 Å². The van der Waals surface area contributed by atoms with Crippen molar-refractivity contribution in [3.05, 3.63) is 11.6 Å². The number of hydrogen-bond donors (Lipinski definition) is 2. The first-order chi connectivity index (χ1) is 23.3. The average molecular weight is 707 g/mol. The van der Waals surface area contributed by atoms with Crippen LogP contribution in [0.1, 0.15) is 185 Å². The molecular weight excluding hydrogens is 629 g/mol. The predicted molar refractivity (Wildman–Crippen MR) is 209 cm³/mol. The van der Waals surface area contributed by atoms with E-state index in [0.717, 1.165) is 92.8 Å². The molecule has 0 bridgehead atoms. The third-order valence-corrected chi connectivity index (χ3v) is 19.0. The fraction of sp³-hybridized carbons (Fsp3) is 0.915. The van der Waals surface area contributed by atoms with Crippen LogP contribution in [-0.4, -0.2) is 33.0 Å². The Kier molecular flexibility index (Phi) is 10.6. The minimum atomic E-state index is -0.493. The molecule has 0 aromatic carbocycles. The van der Waals surface area contributed by atoms with Gasteiger partial charge in [0, 0.05) is 11.8 Å². The maximum atomic E-state index is 12.2. The molecule has 4 nitrogen and oxygen atoms in total. The van der Waals surface area contributed by atoms with Crippen LogP contribution in [0.4, 0.5) is 0 Å². The summed E-state index contributed by atoms with van der Waals surface area (Å²) in [6, 6.07) is 0. The summed E-state index contributed by atoms with van der Waals surface area (Å²) in [5.41, 5.74) is 1.89. The highest BCUT2D eigenvalue weighted by molar-refractivity contribution is 5.80. The van der Waals surface area contributed by atoms with Gasteiger partial charge in [-0.25, -0.2) is 0 Å². The zero-order valence-electron chi connectivity index (χ0n) is 33.4. The molecule has 8 aliphatic rings. The maximum absolute atomic E-state index is 12.2. The van der Waals surface area contributed by atoms with E-state index < -0.39 is 11.2 Å². The van der Waals surface area contributed by atoms with Crippen molar-refractivity contribution in [2.24, 2.45) is 74.9 Å². The van der Waals surface area contributed by atoms with Crippen LogP contribution in [0, 0.1) is 74.9 Å². The topological polar surface area (TPSA) is 74.6 Å². The Hall–Kier alpha value is -1.00. The highest BCUT2D eigenvalue weighted by atomic mass is 16.3. The van der Waals surface area contributed by atoms with Crippen molar-refractivity contribution in [1.82, 2.24) is 0 Å². The summed E-state index contributed by atoms with van der Waals surface area (Å²) in [7, 11) is 0. The van der Waals surface area contributed by atoms with E-state index in [1.165, 1.54) is 70.6 Å². The van der Waals surface area contributed by atoms with E-state index >= 15 is 0 Å². The molecule has 2 N–H and O–H groups in total. The number of carbonyl (C=O) groups excluding carboxylic acids is 2. The summed E-state index contributed by atoms with van der Waals surface area (Å²) < 4.78 is 0. The minimum absolute atomic E-state index is 0.